The van der Waals surface area contributed by atoms with E-state index in [1.54, 1.807) is 0 Å². The molecular formula is C24H42N2O. The zero-order chi connectivity index (χ0) is 19.7. The molecule has 1 N–H and O–H groups in total. The summed E-state index contributed by atoms with van der Waals surface area (Å²) in [5.74, 6) is 0.140. The maximum Gasteiger partial charge on any atom is 0.224 e. The summed E-state index contributed by atoms with van der Waals surface area (Å²) in [6.07, 6.45) is 15.1. The number of benzene rings is 1. The lowest BCUT2D eigenvalue weighted by molar-refractivity contribution is -0.116. The minimum absolute atomic E-state index is 0.140. The Kier molecular flexibility index (Phi) is 13.5. The summed E-state index contributed by atoms with van der Waals surface area (Å²) in [6.45, 7) is 8.59. The van der Waals surface area contributed by atoms with Crippen LogP contribution in [0.1, 0.15) is 97.8 Å². The van der Waals surface area contributed by atoms with Crippen molar-refractivity contribution in [2.45, 2.75) is 97.8 Å². The Labute approximate surface area is 167 Å². The van der Waals surface area contributed by atoms with Crippen molar-refractivity contribution < 1.29 is 4.79 Å². The van der Waals surface area contributed by atoms with Crippen LogP contribution in [-0.2, 0) is 4.79 Å². The molecule has 0 saturated heterocycles. The highest BCUT2D eigenvalue weighted by atomic mass is 16.1. The van der Waals surface area contributed by atoms with Crippen molar-refractivity contribution in [1.29, 1.82) is 0 Å². The highest BCUT2D eigenvalue weighted by molar-refractivity contribution is 5.90. The van der Waals surface area contributed by atoms with E-state index in [2.05, 4.69) is 43.1 Å². The third-order valence-electron chi connectivity index (χ3n) is 5.29. The van der Waals surface area contributed by atoms with Gasteiger partial charge in [0.2, 0.25) is 5.91 Å². The molecule has 0 heterocycles. The Morgan fingerprint density at radius 2 is 1.22 bits per heavy atom. The van der Waals surface area contributed by atoms with Crippen LogP contribution in [0.5, 0.6) is 0 Å². The number of anilines is 2. The van der Waals surface area contributed by atoms with E-state index >= 15 is 0 Å². The van der Waals surface area contributed by atoms with Crippen molar-refractivity contribution in [3.05, 3.63) is 24.3 Å². The van der Waals surface area contributed by atoms with Crippen LogP contribution in [0.2, 0.25) is 0 Å². The van der Waals surface area contributed by atoms with Crippen LogP contribution in [0.15, 0.2) is 24.3 Å². The van der Waals surface area contributed by atoms with Gasteiger partial charge in [-0.1, -0.05) is 71.1 Å². The van der Waals surface area contributed by atoms with E-state index in [0.717, 1.165) is 25.2 Å². The van der Waals surface area contributed by atoms with E-state index in [4.69, 9.17) is 0 Å². The number of nitrogens with one attached hydrogen (secondary N) is 1. The predicted octanol–water partition coefficient (Wildman–Crippen LogP) is 7.17. The maximum absolute atomic E-state index is 12.1. The highest BCUT2D eigenvalue weighted by Gasteiger charge is 2.04. The van der Waals surface area contributed by atoms with Gasteiger partial charge in [-0.05, 0) is 44.5 Å². The highest BCUT2D eigenvalue weighted by Crippen LogP contribution is 2.18. The van der Waals surface area contributed by atoms with Crippen LogP contribution in [0.3, 0.4) is 0 Å². The minimum Gasteiger partial charge on any atom is -0.372 e. The largest absolute Gasteiger partial charge is 0.372 e. The molecule has 1 aromatic rings. The molecular weight excluding hydrogens is 332 g/mol. The molecule has 0 bridgehead atoms. The normalized spacial score (nSPS) is 10.8. The SMILES string of the molecule is CCCCCCCCCCCCCC(=O)Nc1ccc(N(CC)CC)cc1. The van der Waals surface area contributed by atoms with Gasteiger partial charge in [0.25, 0.3) is 0 Å². The summed E-state index contributed by atoms with van der Waals surface area (Å²) >= 11 is 0. The number of hydrogen-bond acceptors (Lipinski definition) is 2. The van der Waals surface area contributed by atoms with Crippen LogP contribution < -0.4 is 10.2 Å². The Bertz CT molecular complexity index is 480. The van der Waals surface area contributed by atoms with Crippen LogP contribution >= 0.6 is 0 Å². The Morgan fingerprint density at radius 3 is 1.70 bits per heavy atom. The molecule has 27 heavy (non-hydrogen) atoms. The molecule has 3 nitrogen and oxygen atoms in total. The van der Waals surface area contributed by atoms with Crippen molar-refractivity contribution >= 4 is 17.3 Å². The second kappa shape index (κ2) is 15.5. The Morgan fingerprint density at radius 1 is 0.741 bits per heavy atom. The molecule has 0 fully saturated rings. The van der Waals surface area contributed by atoms with Crippen molar-refractivity contribution in [3.63, 3.8) is 0 Å². The summed E-state index contributed by atoms with van der Waals surface area (Å²) in [5.41, 5.74) is 2.11. The smallest absolute Gasteiger partial charge is 0.224 e. The van der Waals surface area contributed by atoms with Gasteiger partial charge in [0.05, 0.1) is 0 Å². The number of carbonyl (C=O) groups is 1. The van der Waals surface area contributed by atoms with Gasteiger partial charge in [-0.15, -0.1) is 0 Å². The monoisotopic (exact) mass is 374 g/mol. The molecule has 0 radical (unpaired) electrons. The summed E-state index contributed by atoms with van der Waals surface area (Å²) in [5, 5.41) is 3.02. The molecule has 1 rings (SSSR count). The van der Waals surface area contributed by atoms with Gasteiger partial charge in [-0.25, -0.2) is 0 Å². The number of rotatable bonds is 16. The number of carbonyl (C=O) groups excluding carboxylic acids is 1. The fourth-order valence-electron chi connectivity index (χ4n) is 3.52. The first-order valence-electron chi connectivity index (χ1n) is 11.4. The van der Waals surface area contributed by atoms with Gasteiger partial charge in [0.1, 0.15) is 0 Å². The third kappa shape index (κ3) is 11.0. The fourth-order valence-corrected chi connectivity index (χ4v) is 3.52. The van der Waals surface area contributed by atoms with E-state index < -0.39 is 0 Å². The molecule has 0 unspecified atom stereocenters. The summed E-state index contributed by atoms with van der Waals surface area (Å²) in [7, 11) is 0. The molecule has 0 aromatic heterocycles. The van der Waals surface area contributed by atoms with Gasteiger partial charge in [-0.3, -0.25) is 4.79 Å². The molecule has 0 aliphatic heterocycles. The molecule has 154 valence electrons. The van der Waals surface area contributed by atoms with E-state index in [-0.39, 0.29) is 5.91 Å². The van der Waals surface area contributed by atoms with Crippen molar-refractivity contribution in [1.82, 2.24) is 0 Å². The zero-order valence-electron chi connectivity index (χ0n) is 18.1. The molecule has 0 spiro atoms. The lowest BCUT2D eigenvalue weighted by Crippen LogP contribution is -2.21. The van der Waals surface area contributed by atoms with Crippen LogP contribution in [0, 0.1) is 0 Å². The van der Waals surface area contributed by atoms with Gasteiger partial charge in [-0.2, -0.15) is 0 Å². The Balaban J connectivity index is 2.06. The third-order valence-corrected chi connectivity index (χ3v) is 5.29. The van der Waals surface area contributed by atoms with E-state index in [1.165, 1.54) is 69.9 Å². The molecule has 0 aliphatic rings. The van der Waals surface area contributed by atoms with Gasteiger partial charge < -0.3 is 10.2 Å². The molecule has 3 heteroatoms. The lowest BCUT2D eigenvalue weighted by Gasteiger charge is -2.21. The van der Waals surface area contributed by atoms with Crippen molar-refractivity contribution in [2.75, 3.05) is 23.3 Å². The summed E-state index contributed by atoms with van der Waals surface area (Å²) in [6, 6.07) is 8.19. The molecule has 0 saturated carbocycles. The second-order valence-electron chi connectivity index (χ2n) is 7.55. The number of unbranched alkanes of at least 4 members (excludes halogenated alkanes) is 10. The van der Waals surface area contributed by atoms with Gasteiger partial charge >= 0.3 is 0 Å². The first kappa shape index (κ1) is 23.5. The van der Waals surface area contributed by atoms with Crippen LogP contribution in [0.25, 0.3) is 0 Å². The standard InChI is InChI=1S/C24H42N2O/c1-4-7-8-9-10-11-12-13-14-15-16-17-24(27)25-22-18-20-23(21-19-22)26(5-2)6-3/h18-21H,4-17H2,1-3H3,(H,25,27). The molecule has 1 amide bonds. The number of amides is 1. The number of hydrogen-bond donors (Lipinski definition) is 1. The van der Waals surface area contributed by atoms with Crippen molar-refractivity contribution in [2.24, 2.45) is 0 Å². The maximum atomic E-state index is 12.1. The van der Waals surface area contributed by atoms with Crippen LogP contribution in [0.4, 0.5) is 11.4 Å². The van der Waals surface area contributed by atoms with E-state index in [9.17, 15) is 4.79 Å². The van der Waals surface area contributed by atoms with Crippen LogP contribution in [-0.4, -0.2) is 19.0 Å². The van der Waals surface area contributed by atoms with Crippen molar-refractivity contribution in [3.8, 4) is 0 Å². The fraction of sp³-hybridized carbons (Fsp3) is 0.708. The minimum atomic E-state index is 0.140. The first-order valence-corrected chi connectivity index (χ1v) is 11.4. The predicted molar refractivity (Wildman–Crippen MR) is 120 cm³/mol. The second-order valence-corrected chi connectivity index (χ2v) is 7.55. The topological polar surface area (TPSA) is 32.3 Å². The number of nitrogens with zero attached hydrogens (tertiary/aromatic N) is 1. The quantitative estimate of drug-likeness (QED) is 0.311. The average molecular weight is 375 g/mol. The molecule has 0 aliphatic carbocycles. The molecule has 0 atom stereocenters. The van der Waals surface area contributed by atoms with Gasteiger partial charge in [0, 0.05) is 30.9 Å². The van der Waals surface area contributed by atoms with E-state index in [0.29, 0.717) is 6.42 Å². The average Bonchev–Trinajstić information content (AvgIpc) is 2.68. The summed E-state index contributed by atoms with van der Waals surface area (Å²) in [4.78, 5) is 14.4. The van der Waals surface area contributed by atoms with Gasteiger partial charge in [0.15, 0.2) is 0 Å². The van der Waals surface area contributed by atoms with E-state index in [1.807, 2.05) is 12.1 Å². The Hall–Kier alpha value is -1.51. The first-order chi connectivity index (χ1) is 13.2. The summed E-state index contributed by atoms with van der Waals surface area (Å²) < 4.78 is 0. The lowest BCUT2D eigenvalue weighted by atomic mass is 10.1. The molecule has 1 aromatic carbocycles. The zero-order valence-corrected chi connectivity index (χ0v) is 18.1.